The van der Waals surface area contributed by atoms with Crippen molar-refractivity contribution in [3.05, 3.63) is 12.4 Å². The van der Waals surface area contributed by atoms with Crippen LogP contribution in [0.2, 0.25) is 0 Å². The highest BCUT2D eigenvalue weighted by molar-refractivity contribution is 5.25. The van der Waals surface area contributed by atoms with Crippen molar-refractivity contribution in [1.82, 2.24) is 9.55 Å². The Morgan fingerprint density at radius 2 is 2.14 bits per heavy atom. The van der Waals surface area contributed by atoms with Gasteiger partial charge in [-0.3, -0.25) is 0 Å². The molecule has 0 saturated carbocycles. The summed E-state index contributed by atoms with van der Waals surface area (Å²) in [6.45, 7) is 10.8. The van der Waals surface area contributed by atoms with Crippen LogP contribution >= 0.6 is 0 Å². The molecule has 3 nitrogen and oxygen atoms in total. The molecule has 1 unspecified atom stereocenters. The number of aromatic nitrogens is 2. The maximum absolute atomic E-state index is 4.27. The molecule has 1 heterocycles. The number of imidazole rings is 1. The van der Waals surface area contributed by atoms with Crippen molar-refractivity contribution in [1.29, 1.82) is 0 Å². The first-order valence-electron chi connectivity index (χ1n) is 5.40. The van der Waals surface area contributed by atoms with E-state index in [1.807, 2.05) is 12.4 Å². The van der Waals surface area contributed by atoms with E-state index in [9.17, 15) is 0 Å². The fraction of sp³-hybridized carbons (Fsp3) is 0.727. The average Bonchev–Trinajstić information content (AvgIpc) is 2.53. The van der Waals surface area contributed by atoms with Gasteiger partial charge in [-0.05, 0) is 18.8 Å². The Hall–Kier alpha value is -0.990. The molecule has 0 fully saturated rings. The largest absolute Gasteiger partial charge is 0.356 e. The summed E-state index contributed by atoms with van der Waals surface area (Å²) in [7, 11) is 0. The number of hydrogen-bond donors (Lipinski definition) is 1. The highest BCUT2D eigenvalue weighted by atomic mass is 15.2. The molecule has 0 radical (unpaired) electrons. The van der Waals surface area contributed by atoms with Gasteiger partial charge >= 0.3 is 0 Å². The zero-order valence-corrected chi connectivity index (χ0v) is 9.62. The number of hydrogen-bond acceptors (Lipinski definition) is 2. The molecule has 0 aliphatic heterocycles. The Bertz CT molecular complexity index is 265. The lowest BCUT2D eigenvalue weighted by atomic mass is 9.98. The van der Waals surface area contributed by atoms with E-state index in [4.69, 9.17) is 0 Å². The van der Waals surface area contributed by atoms with E-state index in [2.05, 4.69) is 42.6 Å². The SMILES string of the molecule is CCNc1nccn1CC(C)C(C)C. The van der Waals surface area contributed by atoms with E-state index in [0.29, 0.717) is 11.8 Å². The van der Waals surface area contributed by atoms with Crippen molar-refractivity contribution in [3.8, 4) is 0 Å². The summed E-state index contributed by atoms with van der Waals surface area (Å²) in [4.78, 5) is 4.27. The van der Waals surface area contributed by atoms with Crippen LogP contribution in [0.1, 0.15) is 27.7 Å². The van der Waals surface area contributed by atoms with Crippen LogP contribution in [0.15, 0.2) is 12.4 Å². The van der Waals surface area contributed by atoms with Gasteiger partial charge in [-0.1, -0.05) is 20.8 Å². The molecule has 14 heavy (non-hydrogen) atoms. The molecule has 1 aromatic rings. The van der Waals surface area contributed by atoms with Gasteiger partial charge in [-0.2, -0.15) is 0 Å². The Morgan fingerprint density at radius 3 is 2.71 bits per heavy atom. The van der Waals surface area contributed by atoms with Crippen molar-refractivity contribution in [2.75, 3.05) is 11.9 Å². The molecule has 1 N–H and O–H groups in total. The van der Waals surface area contributed by atoms with Gasteiger partial charge in [0.25, 0.3) is 0 Å². The van der Waals surface area contributed by atoms with E-state index in [1.165, 1.54) is 0 Å². The zero-order chi connectivity index (χ0) is 10.6. The molecule has 1 rings (SSSR count). The topological polar surface area (TPSA) is 29.9 Å². The monoisotopic (exact) mass is 195 g/mol. The lowest BCUT2D eigenvalue weighted by Crippen LogP contribution is -2.15. The number of anilines is 1. The molecule has 80 valence electrons. The van der Waals surface area contributed by atoms with E-state index in [1.54, 1.807) is 0 Å². The molecule has 0 aliphatic rings. The first kappa shape index (κ1) is 11.1. The third-order valence-corrected chi connectivity index (χ3v) is 2.67. The minimum atomic E-state index is 0.682. The Morgan fingerprint density at radius 1 is 1.43 bits per heavy atom. The van der Waals surface area contributed by atoms with Crippen LogP contribution in [0.3, 0.4) is 0 Å². The first-order chi connectivity index (χ1) is 6.65. The summed E-state index contributed by atoms with van der Waals surface area (Å²) in [6, 6.07) is 0. The van der Waals surface area contributed by atoms with Crippen LogP contribution < -0.4 is 5.32 Å². The molecule has 0 saturated heterocycles. The van der Waals surface area contributed by atoms with Gasteiger partial charge in [-0.25, -0.2) is 4.98 Å². The van der Waals surface area contributed by atoms with Crippen molar-refractivity contribution in [2.24, 2.45) is 11.8 Å². The summed E-state index contributed by atoms with van der Waals surface area (Å²) < 4.78 is 2.19. The van der Waals surface area contributed by atoms with Crippen LogP contribution in [-0.2, 0) is 6.54 Å². The van der Waals surface area contributed by atoms with Gasteiger partial charge in [0.1, 0.15) is 0 Å². The number of nitrogens with one attached hydrogen (secondary N) is 1. The maximum Gasteiger partial charge on any atom is 0.202 e. The molecular weight excluding hydrogens is 174 g/mol. The fourth-order valence-corrected chi connectivity index (χ4v) is 1.30. The molecule has 0 spiro atoms. The molecule has 0 aliphatic carbocycles. The maximum atomic E-state index is 4.27. The molecule has 1 atom stereocenters. The van der Waals surface area contributed by atoms with Gasteiger partial charge in [-0.15, -0.1) is 0 Å². The highest BCUT2D eigenvalue weighted by Gasteiger charge is 2.09. The second-order valence-corrected chi connectivity index (χ2v) is 4.15. The minimum absolute atomic E-state index is 0.682. The second-order valence-electron chi connectivity index (χ2n) is 4.15. The predicted octanol–water partition coefficient (Wildman–Crippen LogP) is 2.61. The Kier molecular flexibility index (Phi) is 3.98. The lowest BCUT2D eigenvalue weighted by molar-refractivity contribution is 0.366. The van der Waals surface area contributed by atoms with Crippen molar-refractivity contribution < 1.29 is 0 Å². The second kappa shape index (κ2) is 5.03. The quantitative estimate of drug-likeness (QED) is 0.782. The van der Waals surface area contributed by atoms with Gasteiger partial charge in [0.2, 0.25) is 5.95 Å². The summed E-state index contributed by atoms with van der Waals surface area (Å²) in [6.07, 6.45) is 3.89. The van der Waals surface area contributed by atoms with E-state index in [-0.39, 0.29) is 0 Å². The van der Waals surface area contributed by atoms with Crippen molar-refractivity contribution >= 4 is 5.95 Å². The van der Waals surface area contributed by atoms with E-state index >= 15 is 0 Å². The smallest absolute Gasteiger partial charge is 0.202 e. The van der Waals surface area contributed by atoms with E-state index in [0.717, 1.165) is 19.0 Å². The van der Waals surface area contributed by atoms with E-state index < -0.39 is 0 Å². The summed E-state index contributed by atoms with van der Waals surface area (Å²) >= 11 is 0. The molecular formula is C11H21N3. The predicted molar refractivity (Wildman–Crippen MR) is 60.4 cm³/mol. The molecule has 0 aromatic carbocycles. The summed E-state index contributed by atoms with van der Waals surface area (Å²) in [5.74, 6) is 2.38. The molecule has 1 aromatic heterocycles. The van der Waals surface area contributed by atoms with Crippen LogP contribution in [0.25, 0.3) is 0 Å². The molecule has 0 bridgehead atoms. The van der Waals surface area contributed by atoms with Gasteiger partial charge < -0.3 is 9.88 Å². The van der Waals surface area contributed by atoms with Crippen LogP contribution in [-0.4, -0.2) is 16.1 Å². The third kappa shape index (κ3) is 2.76. The first-order valence-corrected chi connectivity index (χ1v) is 5.40. The van der Waals surface area contributed by atoms with Crippen molar-refractivity contribution in [3.63, 3.8) is 0 Å². The van der Waals surface area contributed by atoms with Gasteiger partial charge in [0.05, 0.1) is 0 Å². The van der Waals surface area contributed by atoms with Gasteiger partial charge in [0.15, 0.2) is 0 Å². The lowest BCUT2D eigenvalue weighted by Gasteiger charge is -2.17. The van der Waals surface area contributed by atoms with Crippen molar-refractivity contribution in [2.45, 2.75) is 34.2 Å². The minimum Gasteiger partial charge on any atom is -0.356 e. The number of rotatable bonds is 5. The summed E-state index contributed by atoms with van der Waals surface area (Å²) in [5.41, 5.74) is 0. The summed E-state index contributed by atoms with van der Waals surface area (Å²) in [5, 5.41) is 3.25. The third-order valence-electron chi connectivity index (χ3n) is 2.67. The fourth-order valence-electron chi connectivity index (χ4n) is 1.30. The van der Waals surface area contributed by atoms with Crippen LogP contribution in [0.5, 0.6) is 0 Å². The molecule has 0 amide bonds. The highest BCUT2D eigenvalue weighted by Crippen LogP contribution is 2.15. The standard InChI is InChI=1S/C11H21N3/c1-5-12-11-13-6-7-14(11)8-10(4)9(2)3/h6-7,9-10H,5,8H2,1-4H3,(H,12,13). The number of nitrogens with zero attached hydrogens (tertiary/aromatic N) is 2. The Balaban J connectivity index is 2.61. The average molecular weight is 195 g/mol. The van der Waals surface area contributed by atoms with Gasteiger partial charge in [0, 0.05) is 25.5 Å². The van der Waals surface area contributed by atoms with Crippen LogP contribution in [0, 0.1) is 11.8 Å². The Labute approximate surface area is 86.5 Å². The normalized spacial score (nSPS) is 13.2. The molecule has 3 heteroatoms. The van der Waals surface area contributed by atoms with Crippen LogP contribution in [0.4, 0.5) is 5.95 Å². The zero-order valence-electron chi connectivity index (χ0n) is 9.62.